The van der Waals surface area contributed by atoms with Crippen LogP contribution in [0.15, 0.2) is 54.7 Å². The first-order chi connectivity index (χ1) is 22.5. The fourth-order valence-corrected chi connectivity index (χ4v) is 5.67. The molecule has 1 unspecified atom stereocenters. The molecule has 18 heteroatoms. The van der Waals surface area contributed by atoms with Crippen molar-refractivity contribution in [1.29, 1.82) is 0 Å². The van der Waals surface area contributed by atoms with Gasteiger partial charge in [0.15, 0.2) is 17.0 Å². The molecule has 1 saturated heterocycles. The third-order valence-electron chi connectivity index (χ3n) is 7.28. The van der Waals surface area contributed by atoms with Gasteiger partial charge in [-0.3, -0.25) is 24.1 Å². The zero-order chi connectivity index (χ0) is 33.7. The van der Waals surface area contributed by atoms with E-state index in [4.69, 9.17) is 16.6 Å². The van der Waals surface area contributed by atoms with Crippen molar-refractivity contribution in [2.75, 3.05) is 28.7 Å². The number of carbonyl (C=O) groups is 4. The largest absolute Gasteiger partial charge is 0.488 e. The van der Waals surface area contributed by atoms with Gasteiger partial charge in [-0.1, -0.05) is 36.0 Å². The second kappa shape index (κ2) is 14.4. The van der Waals surface area contributed by atoms with Crippen molar-refractivity contribution in [2.45, 2.75) is 32.0 Å². The van der Waals surface area contributed by atoms with E-state index < -0.39 is 36.2 Å². The normalized spacial score (nSPS) is 13.4. The Morgan fingerprint density at radius 3 is 2.38 bits per heavy atom. The zero-order valence-corrected chi connectivity index (χ0v) is 25.6. The number of nitrogens with zero attached hydrogens (tertiary/aromatic N) is 6. The van der Waals surface area contributed by atoms with Gasteiger partial charge in [-0.05, 0) is 41.7 Å². The number of thioether (sulfide) groups is 1. The van der Waals surface area contributed by atoms with Gasteiger partial charge in [-0.25, -0.2) is 9.97 Å². The van der Waals surface area contributed by atoms with Crippen LogP contribution in [0.3, 0.4) is 0 Å². The monoisotopic (exact) mass is 659 g/mol. The van der Waals surface area contributed by atoms with Gasteiger partial charge in [0.1, 0.15) is 6.04 Å². The highest BCUT2D eigenvalue weighted by Crippen LogP contribution is 2.23. The number of carboxylic acid groups (broad SMARTS) is 1. The number of benzene rings is 2. The maximum atomic E-state index is 13.2. The van der Waals surface area contributed by atoms with Gasteiger partial charge >= 0.3 is 13.1 Å². The van der Waals surface area contributed by atoms with Gasteiger partial charge in [-0.15, -0.1) is 0 Å². The molecule has 1 aliphatic rings. The molecule has 1 fully saturated rings. The zero-order valence-electron chi connectivity index (χ0n) is 24.8. The molecule has 8 N–H and O–H groups in total. The number of nitrogen functional groups attached to an aromatic ring is 2. The fourth-order valence-electron chi connectivity index (χ4n) is 4.88. The van der Waals surface area contributed by atoms with E-state index >= 15 is 0 Å². The Morgan fingerprint density at radius 1 is 1.02 bits per heavy atom. The molecule has 0 saturated carbocycles. The Kier molecular flexibility index (Phi) is 10.1. The summed E-state index contributed by atoms with van der Waals surface area (Å²) < 4.78 is 0. The molecular formula is C29H30BN9O7S. The van der Waals surface area contributed by atoms with E-state index in [2.05, 4.69) is 25.3 Å². The van der Waals surface area contributed by atoms with Crippen molar-refractivity contribution in [3.63, 3.8) is 0 Å². The number of amides is 3. The maximum Gasteiger partial charge on any atom is 0.488 e. The lowest BCUT2D eigenvalue weighted by Gasteiger charge is -2.25. The predicted octanol–water partition coefficient (Wildman–Crippen LogP) is 0.129. The first-order valence-corrected chi connectivity index (χ1v) is 15.3. The van der Waals surface area contributed by atoms with Crippen molar-refractivity contribution in [3.8, 4) is 0 Å². The van der Waals surface area contributed by atoms with Crippen LogP contribution in [-0.2, 0) is 22.7 Å². The Hall–Kier alpha value is -5.33. The first kappa shape index (κ1) is 33.1. The molecule has 2 aromatic heterocycles. The van der Waals surface area contributed by atoms with Crippen LogP contribution in [0.25, 0.3) is 11.2 Å². The number of imide groups is 1. The van der Waals surface area contributed by atoms with Gasteiger partial charge in [-0.2, -0.15) is 9.97 Å². The average molecular weight is 659 g/mol. The van der Waals surface area contributed by atoms with Crippen molar-refractivity contribution >= 4 is 76.0 Å². The third-order valence-corrected chi connectivity index (χ3v) is 8.13. The van der Waals surface area contributed by atoms with E-state index in [1.807, 2.05) is 4.90 Å². The number of carboxylic acids is 1. The van der Waals surface area contributed by atoms with Gasteiger partial charge in [0.25, 0.3) is 17.1 Å². The Balaban J connectivity index is 1.38. The number of carbonyl (C=O) groups excluding carboxylic acids is 3. The number of aromatic nitrogens is 4. The van der Waals surface area contributed by atoms with E-state index in [1.54, 1.807) is 48.5 Å². The van der Waals surface area contributed by atoms with Gasteiger partial charge in [0, 0.05) is 36.5 Å². The van der Waals surface area contributed by atoms with Crippen LogP contribution < -0.4 is 27.1 Å². The van der Waals surface area contributed by atoms with Crippen LogP contribution in [-0.4, -0.2) is 88.5 Å². The minimum absolute atomic E-state index is 0.0274. The number of rotatable bonds is 12. The summed E-state index contributed by atoms with van der Waals surface area (Å²) in [5.41, 5.74) is 14.8. The van der Waals surface area contributed by atoms with Crippen molar-refractivity contribution in [1.82, 2.24) is 30.2 Å². The lowest BCUT2D eigenvalue weighted by molar-refractivity contribution is -0.137. The SMILES string of the molecule is Nc1nc(N)c2nc(CN(Cc3ccc(B(O)O)cc3)c3ccc(C(=O)NC(CCC(=O)O)C(=O)N4CCSC4=O)cc3)cnc2n1. The predicted molar refractivity (Wildman–Crippen MR) is 174 cm³/mol. The van der Waals surface area contributed by atoms with E-state index in [0.717, 1.165) is 22.2 Å². The number of fused-ring (bicyclic) bond motifs is 1. The summed E-state index contributed by atoms with van der Waals surface area (Å²) in [6.07, 6.45) is 0.980. The highest BCUT2D eigenvalue weighted by atomic mass is 32.2. The molecule has 4 aromatic rings. The third kappa shape index (κ3) is 8.10. The molecule has 0 bridgehead atoms. The topological polar surface area (TPSA) is 251 Å². The van der Waals surface area contributed by atoms with Crippen LogP contribution in [0, 0.1) is 0 Å². The fraction of sp³-hybridized carbons (Fsp3) is 0.241. The molecule has 1 aliphatic heterocycles. The van der Waals surface area contributed by atoms with Crippen molar-refractivity contribution in [3.05, 3.63) is 71.5 Å². The van der Waals surface area contributed by atoms with Gasteiger partial charge in [0.2, 0.25) is 5.95 Å². The molecule has 0 radical (unpaired) electrons. The van der Waals surface area contributed by atoms with E-state index in [-0.39, 0.29) is 54.4 Å². The van der Waals surface area contributed by atoms with Gasteiger partial charge in [0.05, 0.1) is 18.4 Å². The number of nitrogens with one attached hydrogen (secondary N) is 1. The van der Waals surface area contributed by atoms with Crippen LogP contribution in [0.5, 0.6) is 0 Å². The van der Waals surface area contributed by atoms with Crippen LogP contribution in [0.4, 0.5) is 22.2 Å². The Bertz CT molecular complexity index is 1810. The van der Waals surface area contributed by atoms with Crippen LogP contribution in [0.2, 0.25) is 0 Å². The summed E-state index contributed by atoms with van der Waals surface area (Å²) in [7, 11) is -1.61. The highest BCUT2D eigenvalue weighted by Gasteiger charge is 2.33. The summed E-state index contributed by atoms with van der Waals surface area (Å²) in [5, 5.41) is 30.3. The minimum atomic E-state index is -1.61. The number of aliphatic carboxylic acids is 1. The quantitative estimate of drug-likeness (QED) is 0.111. The Morgan fingerprint density at radius 2 is 1.74 bits per heavy atom. The molecular weight excluding hydrogens is 629 g/mol. The molecule has 1 atom stereocenters. The second-order valence-electron chi connectivity index (χ2n) is 10.6. The smallest absolute Gasteiger partial charge is 0.481 e. The highest BCUT2D eigenvalue weighted by molar-refractivity contribution is 8.13. The summed E-state index contributed by atoms with van der Waals surface area (Å²) in [4.78, 5) is 69.4. The second-order valence-corrected chi connectivity index (χ2v) is 11.6. The van der Waals surface area contributed by atoms with Gasteiger partial charge < -0.3 is 36.8 Å². The van der Waals surface area contributed by atoms with E-state index in [9.17, 15) is 29.2 Å². The number of hydrogen-bond donors (Lipinski definition) is 6. The molecule has 47 heavy (non-hydrogen) atoms. The maximum absolute atomic E-state index is 13.2. The lowest BCUT2D eigenvalue weighted by Crippen LogP contribution is -2.48. The summed E-state index contributed by atoms with van der Waals surface area (Å²) in [6.45, 7) is 0.760. The number of anilines is 3. The van der Waals surface area contributed by atoms with Crippen molar-refractivity contribution < 1.29 is 34.3 Å². The summed E-state index contributed by atoms with van der Waals surface area (Å²) in [6, 6.07) is 12.0. The number of nitrogens with two attached hydrogens (primary N) is 2. The molecule has 0 spiro atoms. The molecule has 5 rings (SSSR count). The van der Waals surface area contributed by atoms with Crippen LogP contribution in [0.1, 0.15) is 34.5 Å². The molecule has 0 aliphatic carbocycles. The lowest BCUT2D eigenvalue weighted by atomic mass is 9.80. The molecule has 3 amide bonds. The minimum Gasteiger partial charge on any atom is -0.481 e. The average Bonchev–Trinajstić information content (AvgIpc) is 3.48. The van der Waals surface area contributed by atoms with E-state index in [0.29, 0.717) is 29.1 Å². The standard InChI is InChI=1S/C29H30BN9O7S/c31-24-23-25(37-28(32)36-24)33-13-19(34-23)15-38(14-16-1-5-18(6-2-16)30(45)46)20-7-3-17(4-8-20)26(42)35-21(9-10-22(40)41)27(43)39-11-12-47-29(39)44/h1-8,13,21,45-46H,9-12,14-15H2,(H,35,42)(H,40,41)(H4,31,32,33,36,37). The van der Waals surface area contributed by atoms with Crippen LogP contribution >= 0.6 is 11.8 Å². The number of hydrogen-bond acceptors (Lipinski definition) is 14. The van der Waals surface area contributed by atoms with Crippen molar-refractivity contribution in [2.24, 2.45) is 0 Å². The molecule has 242 valence electrons. The summed E-state index contributed by atoms with van der Waals surface area (Å²) in [5.74, 6) is -1.92. The Labute approximate surface area is 272 Å². The first-order valence-electron chi connectivity index (χ1n) is 14.3. The summed E-state index contributed by atoms with van der Waals surface area (Å²) >= 11 is 0.984. The van der Waals surface area contributed by atoms with E-state index in [1.165, 1.54) is 6.20 Å². The molecule has 2 aromatic carbocycles. The molecule has 3 heterocycles. The molecule has 16 nitrogen and oxygen atoms in total.